The molecule has 0 aromatic heterocycles. The van der Waals surface area contributed by atoms with Gasteiger partial charge in [-0.2, -0.15) is 5.10 Å². The molecule has 0 spiro atoms. The van der Waals surface area contributed by atoms with E-state index in [2.05, 4.69) is 26.5 Å². The smallest absolute Gasteiger partial charge is 0.259 e. The van der Waals surface area contributed by atoms with Gasteiger partial charge in [0.05, 0.1) is 12.3 Å². The van der Waals surface area contributed by atoms with Crippen molar-refractivity contribution in [3.8, 4) is 5.75 Å². The molecule has 0 radical (unpaired) electrons. The molecule has 3 rings (SSSR count). The Balaban J connectivity index is 1.56. The van der Waals surface area contributed by atoms with Gasteiger partial charge in [0.15, 0.2) is 0 Å². The van der Waals surface area contributed by atoms with Gasteiger partial charge in [0.2, 0.25) is 5.91 Å². The maximum Gasteiger partial charge on any atom is 0.259 e. The van der Waals surface area contributed by atoms with Crippen LogP contribution in [0, 0.1) is 0 Å². The summed E-state index contributed by atoms with van der Waals surface area (Å²) in [5.41, 5.74) is 4.36. The molecule has 2 aromatic rings. The lowest BCUT2D eigenvalue weighted by Gasteiger charge is -2.15. The lowest BCUT2D eigenvalue weighted by molar-refractivity contribution is -0.133. The fraction of sp³-hybridized carbons (Fsp3) is 0.318. The molecule has 1 atom stereocenters. The average Bonchev–Trinajstić information content (AvgIpc) is 3.04. The van der Waals surface area contributed by atoms with Gasteiger partial charge in [-0.3, -0.25) is 9.59 Å². The number of benzene rings is 2. The quantitative estimate of drug-likeness (QED) is 0.508. The largest absolute Gasteiger partial charge is 0.490 e. The lowest BCUT2D eigenvalue weighted by Crippen LogP contribution is -2.36. The van der Waals surface area contributed by atoms with Gasteiger partial charge in [0.25, 0.3) is 5.91 Å². The van der Waals surface area contributed by atoms with Crippen molar-refractivity contribution >= 4 is 34.0 Å². The van der Waals surface area contributed by atoms with E-state index in [1.807, 2.05) is 62.4 Å². The van der Waals surface area contributed by atoms with E-state index >= 15 is 0 Å². The van der Waals surface area contributed by atoms with Crippen LogP contribution in [-0.4, -0.2) is 42.1 Å². The monoisotopic (exact) mass is 457 g/mol. The third kappa shape index (κ3) is 5.90. The molecular weight excluding hydrogens is 434 g/mol. The van der Waals surface area contributed by atoms with Gasteiger partial charge in [-0.05, 0) is 37.6 Å². The number of nitrogens with one attached hydrogen (secondary N) is 1. The molecule has 2 amide bonds. The van der Waals surface area contributed by atoms with E-state index in [0.29, 0.717) is 18.7 Å². The van der Waals surface area contributed by atoms with Crippen LogP contribution >= 0.6 is 15.9 Å². The van der Waals surface area contributed by atoms with Crippen molar-refractivity contribution in [1.29, 1.82) is 0 Å². The minimum atomic E-state index is -0.329. The zero-order chi connectivity index (χ0) is 20.8. The normalized spacial score (nSPS) is 16.6. The Kier molecular flexibility index (Phi) is 7.04. The Bertz CT molecular complexity index is 899. The number of likely N-dealkylation sites (tertiary alicyclic amines) is 1. The second-order valence-corrected chi connectivity index (χ2v) is 8.14. The molecule has 6 nitrogen and oxygen atoms in total. The number of halogens is 1. The summed E-state index contributed by atoms with van der Waals surface area (Å²) in [5, 5.41) is 4.03. The molecule has 1 aliphatic heterocycles. The molecule has 1 fully saturated rings. The van der Waals surface area contributed by atoms with Gasteiger partial charge in [0.1, 0.15) is 12.3 Å². The van der Waals surface area contributed by atoms with Crippen molar-refractivity contribution in [2.24, 2.45) is 5.10 Å². The first-order chi connectivity index (χ1) is 13.9. The van der Waals surface area contributed by atoms with Crippen LogP contribution in [0.2, 0.25) is 0 Å². The number of rotatable bonds is 7. The predicted octanol–water partition coefficient (Wildman–Crippen LogP) is 3.70. The number of hydrogen-bond acceptors (Lipinski definition) is 4. The van der Waals surface area contributed by atoms with Crippen LogP contribution in [0.15, 0.2) is 58.1 Å². The van der Waals surface area contributed by atoms with E-state index in [0.717, 1.165) is 15.6 Å². The summed E-state index contributed by atoms with van der Waals surface area (Å²) in [7, 11) is 0. The topological polar surface area (TPSA) is 71.0 Å². The summed E-state index contributed by atoms with van der Waals surface area (Å²) in [6, 6.07) is 15.5. The maximum absolute atomic E-state index is 12.3. The van der Waals surface area contributed by atoms with Crippen LogP contribution in [0.25, 0.3) is 0 Å². The van der Waals surface area contributed by atoms with Crippen molar-refractivity contribution in [1.82, 2.24) is 10.3 Å². The third-order valence-corrected chi connectivity index (χ3v) is 5.04. The van der Waals surface area contributed by atoms with Gasteiger partial charge in [-0.25, -0.2) is 5.43 Å². The van der Waals surface area contributed by atoms with Crippen LogP contribution in [0.4, 0.5) is 0 Å². The summed E-state index contributed by atoms with van der Waals surface area (Å²) in [5.74, 6) is 0.460. The fourth-order valence-electron chi connectivity index (χ4n) is 3.24. The van der Waals surface area contributed by atoms with Crippen LogP contribution in [0.1, 0.15) is 37.3 Å². The van der Waals surface area contributed by atoms with Crippen molar-refractivity contribution < 1.29 is 14.3 Å². The van der Waals surface area contributed by atoms with Gasteiger partial charge < -0.3 is 9.64 Å². The van der Waals surface area contributed by atoms with Crippen molar-refractivity contribution in [3.63, 3.8) is 0 Å². The summed E-state index contributed by atoms with van der Waals surface area (Å²) in [6.07, 6.45) is 1.99. The molecule has 29 heavy (non-hydrogen) atoms. The third-order valence-electron chi connectivity index (χ3n) is 4.55. The number of ether oxygens (including phenoxy) is 1. The molecule has 1 saturated heterocycles. The number of carbonyl (C=O) groups is 2. The number of hydrogen-bond donors (Lipinski definition) is 1. The van der Waals surface area contributed by atoms with Gasteiger partial charge in [0, 0.05) is 28.9 Å². The Hall–Kier alpha value is -2.67. The summed E-state index contributed by atoms with van der Waals surface area (Å²) in [4.78, 5) is 26.1. The molecule has 1 N–H and O–H groups in total. The molecule has 0 saturated carbocycles. The zero-order valence-electron chi connectivity index (χ0n) is 16.5. The Morgan fingerprint density at radius 3 is 2.79 bits per heavy atom. The fourth-order valence-corrected chi connectivity index (χ4v) is 3.62. The van der Waals surface area contributed by atoms with E-state index < -0.39 is 0 Å². The minimum absolute atomic E-state index is 0.00660. The highest BCUT2D eigenvalue weighted by atomic mass is 79.9. The standard InChI is InChI=1S/C22H24BrN3O3/c1-15(2)29-20-9-8-19(23)10-17(20)12-24-25-21(27)14-26-13-18(11-22(26)28)16-6-4-3-5-7-16/h3-10,12,15,18H,11,13-14H2,1-2H3,(H,25,27)/b24-12-/t18-/m0/s1. The summed E-state index contributed by atoms with van der Waals surface area (Å²) in [6.45, 7) is 4.42. The van der Waals surface area contributed by atoms with Crippen molar-refractivity contribution in [2.75, 3.05) is 13.1 Å². The van der Waals surface area contributed by atoms with Crippen molar-refractivity contribution in [2.45, 2.75) is 32.3 Å². The van der Waals surface area contributed by atoms with Gasteiger partial charge in [-0.15, -0.1) is 0 Å². The number of amides is 2. The van der Waals surface area contributed by atoms with E-state index in [9.17, 15) is 9.59 Å². The van der Waals surface area contributed by atoms with E-state index in [4.69, 9.17) is 4.74 Å². The second kappa shape index (κ2) is 9.69. The van der Waals surface area contributed by atoms with Crippen LogP contribution in [0.5, 0.6) is 5.75 Å². The first-order valence-corrected chi connectivity index (χ1v) is 10.3. The molecular formula is C22H24BrN3O3. The number of hydrazone groups is 1. The number of nitrogens with zero attached hydrogens (tertiary/aromatic N) is 2. The minimum Gasteiger partial charge on any atom is -0.490 e. The Morgan fingerprint density at radius 1 is 1.31 bits per heavy atom. The van der Waals surface area contributed by atoms with Crippen LogP contribution < -0.4 is 10.2 Å². The SMILES string of the molecule is CC(C)Oc1ccc(Br)cc1/C=N\NC(=O)CN1C[C@@H](c2ccccc2)CC1=O. The highest BCUT2D eigenvalue weighted by Crippen LogP contribution is 2.27. The maximum atomic E-state index is 12.3. The molecule has 2 aromatic carbocycles. The van der Waals surface area contributed by atoms with Gasteiger partial charge >= 0.3 is 0 Å². The highest BCUT2D eigenvalue weighted by Gasteiger charge is 2.31. The molecule has 1 aliphatic rings. The summed E-state index contributed by atoms with van der Waals surface area (Å²) >= 11 is 3.42. The average molecular weight is 458 g/mol. The van der Waals surface area contributed by atoms with E-state index in [-0.39, 0.29) is 30.4 Å². The van der Waals surface area contributed by atoms with Gasteiger partial charge in [-0.1, -0.05) is 46.3 Å². The Labute approximate surface area is 179 Å². The molecule has 0 bridgehead atoms. The zero-order valence-corrected chi connectivity index (χ0v) is 18.1. The first-order valence-electron chi connectivity index (χ1n) is 9.53. The van der Waals surface area contributed by atoms with E-state index in [1.54, 1.807) is 11.1 Å². The molecule has 7 heteroatoms. The molecule has 0 aliphatic carbocycles. The molecule has 0 unspecified atom stereocenters. The Morgan fingerprint density at radius 2 is 2.07 bits per heavy atom. The summed E-state index contributed by atoms with van der Waals surface area (Å²) < 4.78 is 6.64. The lowest BCUT2D eigenvalue weighted by atomic mass is 9.99. The second-order valence-electron chi connectivity index (χ2n) is 7.23. The number of carbonyl (C=O) groups excluding carboxylic acids is 2. The van der Waals surface area contributed by atoms with Crippen LogP contribution in [-0.2, 0) is 9.59 Å². The first kappa shape index (κ1) is 21.0. The highest BCUT2D eigenvalue weighted by molar-refractivity contribution is 9.10. The van der Waals surface area contributed by atoms with E-state index in [1.165, 1.54) is 0 Å². The molecule has 1 heterocycles. The molecule has 152 valence electrons. The van der Waals surface area contributed by atoms with Crippen molar-refractivity contribution in [3.05, 3.63) is 64.1 Å². The predicted molar refractivity (Wildman–Crippen MR) is 116 cm³/mol. The van der Waals surface area contributed by atoms with Crippen LogP contribution in [0.3, 0.4) is 0 Å².